The van der Waals surface area contributed by atoms with E-state index in [0.717, 1.165) is 22.3 Å². The minimum absolute atomic E-state index is 0.0390. The van der Waals surface area contributed by atoms with Gasteiger partial charge in [0.25, 0.3) is 0 Å². The zero-order chi connectivity index (χ0) is 27.0. The van der Waals surface area contributed by atoms with Crippen LogP contribution in [0.5, 0.6) is 0 Å². The highest BCUT2D eigenvalue weighted by Gasteiger charge is 2.29. The summed E-state index contributed by atoms with van der Waals surface area (Å²) < 4.78 is 26.6. The Kier molecular flexibility index (Phi) is 10.5. The van der Waals surface area contributed by atoms with Crippen molar-refractivity contribution in [3.63, 3.8) is 0 Å². The molecule has 0 spiro atoms. The maximum Gasteiger partial charge on any atom is 0.243 e. The number of rotatable bonds is 12. The lowest BCUT2D eigenvalue weighted by Crippen LogP contribution is -2.50. The van der Waals surface area contributed by atoms with Gasteiger partial charge in [-0.15, -0.1) is 0 Å². The third-order valence-electron chi connectivity index (χ3n) is 6.20. The van der Waals surface area contributed by atoms with E-state index in [2.05, 4.69) is 5.32 Å². The van der Waals surface area contributed by atoms with Crippen molar-refractivity contribution < 1.29 is 18.0 Å². The summed E-state index contributed by atoms with van der Waals surface area (Å²) in [4.78, 5) is 28.1. The number of carbonyl (C=O) groups excluding carboxylic acids is 2. The first-order valence-corrected chi connectivity index (χ1v) is 14.4. The van der Waals surface area contributed by atoms with Crippen molar-refractivity contribution in [2.24, 2.45) is 0 Å². The van der Waals surface area contributed by atoms with Gasteiger partial charge >= 0.3 is 0 Å². The molecule has 0 heterocycles. The molecule has 0 saturated heterocycles. The van der Waals surface area contributed by atoms with Crippen LogP contribution in [0.2, 0.25) is 0 Å². The fourth-order valence-corrected chi connectivity index (χ4v) is 5.26. The number of nitrogens with zero attached hydrogens (tertiary/aromatic N) is 2. The zero-order valence-corrected chi connectivity index (χ0v) is 23.5. The van der Waals surface area contributed by atoms with E-state index in [0.29, 0.717) is 25.1 Å². The largest absolute Gasteiger partial charge is 0.352 e. The Morgan fingerprint density at radius 3 is 2.25 bits per heavy atom. The van der Waals surface area contributed by atoms with Crippen LogP contribution < -0.4 is 9.62 Å². The number of amides is 2. The molecule has 0 saturated carbocycles. The van der Waals surface area contributed by atoms with Crippen LogP contribution >= 0.6 is 0 Å². The summed E-state index contributed by atoms with van der Waals surface area (Å²) in [6.45, 7) is 12.0. The maximum absolute atomic E-state index is 13.5. The second-order valence-electron chi connectivity index (χ2n) is 9.76. The average Bonchev–Trinajstić information content (AvgIpc) is 2.78. The molecule has 1 N–H and O–H groups in total. The molecule has 2 aromatic carbocycles. The highest BCUT2D eigenvalue weighted by molar-refractivity contribution is 7.92. The monoisotopic (exact) mass is 515 g/mol. The quantitative estimate of drug-likeness (QED) is 0.451. The molecule has 2 rings (SSSR count). The van der Waals surface area contributed by atoms with E-state index < -0.39 is 16.1 Å². The highest BCUT2D eigenvalue weighted by atomic mass is 32.2. The lowest BCUT2D eigenvalue weighted by molar-refractivity contribution is -0.141. The molecule has 7 nitrogen and oxygen atoms in total. The van der Waals surface area contributed by atoms with Crippen LogP contribution in [0, 0.1) is 20.8 Å². The van der Waals surface area contributed by atoms with Crippen LogP contribution in [0.1, 0.15) is 62.3 Å². The molecule has 0 aliphatic heterocycles. The average molecular weight is 516 g/mol. The van der Waals surface area contributed by atoms with E-state index in [1.165, 1.54) is 10.6 Å². The summed E-state index contributed by atoms with van der Waals surface area (Å²) in [5.41, 5.74) is 4.48. The first-order chi connectivity index (χ1) is 16.8. The molecule has 0 aromatic heterocycles. The normalized spacial score (nSPS) is 12.3. The number of anilines is 1. The Hall–Kier alpha value is -2.87. The van der Waals surface area contributed by atoms with Gasteiger partial charge in [0.05, 0.1) is 11.9 Å². The summed E-state index contributed by atoms with van der Waals surface area (Å²) >= 11 is 0. The van der Waals surface area contributed by atoms with Gasteiger partial charge in [-0.2, -0.15) is 0 Å². The number of nitrogens with one attached hydrogen (secondary N) is 1. The smallest absolute Gasteiger partial charge is 0.243 e. The van der Waals surface area contributed by atoms with Crippen molar-refractivity contribution >= 4 is 27.5 Å². The first-order valence-electron chi connectivity index (χ1n) is 12.5. The summed E-state index contributed by atoms with van der Waals surface area (Å²) in [6.07, 6.45) is 2.14. The Morgan fingerprint density at radius 2 is 1.67 bits per heavy atom. The van der Waals surface area contributed by atoms with Gasteiger partial charge in [-0.1, -0.05) is 43.3 Å². The lowest BCUT2D eigenvalue weighted by Gasteiger charge is -2.32. The van der Waals surface area contributed by atoms with Crippen LogP contribution in [0.3, 0.4) is 0 Å². The Balaban J connectivity index is 2.26. The van der Waals surface area contributed by atoms with Crippen molar-refractivity contribution in [2.45, 2.75) is 79.4 Å². The number of carbonyl (C=O) groups is 2. The number of aryl methyl sites for hydroxylation is 3. The molecule has 8 heteroatoms. The van der Waals surface area contributed by atoms with Crippen LogP contribution in [0.25, 0.3) is 0 Å². The van der Waals surface area contributed by atoms with Gasteiger partial charge in [-0.05, 0) is 75.8 Å². The van der Waals surface area contributed by atoms with Crippen molar-refractivity contribution in [3.05, 3.63) is 64.7 Å². The number of sulfonamides is 1. The summed E-state index contributed by atoms with van der Waals surface area (Å²) in [5, 5.41) is 2.94. The van der Waals surface area contributed by atoms with E-state index in [1.54, 1.807) is 4.90 Å². The lowest BCUT2D eigenvalue weighted by atomic mass is 10.0. The zero-order valence-electron chi connectivity index (χ0n) is 22.7. The maximum atomic E-state index is 13.5. The van der Waals surface area contributed by atoms with Crippen LogP contribution in [0.4, 0.5) is 5.69 Å². The van der Waals surface area contributed by atoms with Crippen LogP contribution in [-0.2, 0) is 26.2 Å². The van der Waals surface area contributed by atoms with Crippen molar-refractivity contribution in [1.29, 1.82) is 0 Å². The topological polar surface area (TPSA) is 86.8 Å². The molecule has 198 valence electrons. The van der Waals surface area contributed by atoms with Gasteiger partial charge < -0.3 is 10.2 Å². The second kappa shape index (κ2) is 12.9. The molecule has 1 atom stereocenters. The van der Waals surface area contributed by atoms with Crippen LogP contribution in [0.15, 0.2) is 42.5 Å². The molecule has 2 aromatic rings. The fraction of sp³-hybridized carbons (Fsp3) is 0.500. The van der Waals surface area contributed by atoms with E-state index in [4.69, 9.17) is 0 Å². The highest BCUT2D eigenvalue weighted by Crippen LogP contribution is 2.25. The molecule has 1 unspecified atom stereocenters. The molecule has 0 bridgehead atoms. The van der Waals surface area contributed by atoms with Crippen molar-refractivity contribution in [1.82, 2.24) is 10.2 Å². The summed E-state index contributed by atoms with van der Waals surface area (Å²) in [6, 6.07) is 12.9. The molecule has 0 aliphatic carbocycles. The van der Waals surface area contributed by atoms with Gasteiger partial charge in [0.2, 0.25) is 21.8 Å². The third kappa shape index (κ3) is 8.08. The van der Waals surface area contributed by atoms with Crippen LogP contribution in [-0.4, -0.2) is 50.0 Å². The molecule has 0 radical (unpaired) electrons. The Labute approximate surface area is 216 Å². The van der Waals surface area contributed by atoms with Gasteiger partial charge in [0.1, 0.15) is 6.04 Å². The molecule has 0 fully saturated rings. The van der Waals surface area contributed by atoms with Gasteiger partial charge in [0, 0.05) is 25.6 Å². The Bertz CT molecular complexity index is 1160. The molecular formula is C28H41N3O4S. The molecule has 2 amide bonds. The van der Waals surface area contributed by atoms with Gasteiger partial charge in [-0.25, -0.2) is 8.42 Å². The number of hydrogen-bond acceptors (Lipinski definition) is 4. The summed E-state index contributed by atoms with van der Waals surface area (Å²) in [5.74, 6) is -0.346. The van der Waals surface area contributed by atoms with E-state index in [9.17, 15) is 18.0 Å². The molecule has 0 aliphatic rings. The number of benzene rings is 2. The minimum Gasteiger partial charge on any atom is -0.352 e. The third-order valence-corrected chi connectivity index (χ3v) is 7.38. The fourth-order valence-electron chi connectivity index (χ4n) is 4.24. The van der Waals surface area contributed by atoms with E-state index in [-0.39, 0.29) is 30.8 Å². The van der Waals surface area contributed by atoms with Crippen molar-refractivity contribution in [3.8, 4) is 0 Å². The SMILES string of the molecule is CCC(C(=O)NC(C)C)N(Cc1ccccc1C)C(=O)CCCN(c1cc(C)ccc1C)S(C)(=O)=O. The minimum atomic E-state index is -3.53. The van der Waals surface area contributed by atoms with E-state index in [1.807, 2.05) is 84.0 Å². The summed E-state index contributed by atoms with van der Waals surface area (Å²) in [7, 11) is -3.53. The standard InChI is InChI=1S/C28H41N3O4S/c1-8-25(28(33)29-20(2)3)30(19-24-13-10-9-12-22(24)5)27(32)14-11-17-31(36(7,34)35)26-18-21(4)15-16-23(26)6/h9-10,12-13,15-16,18,20,25H,8,11,14,17,19H2,1-7H3,(H,29,33). The Morgan fingerprint density at radius 1 is 1.00 bits per heavy atom. The van der Waals surface area contributed by atoms with Crippen molar-refractivity contribution in [2.75, 3.05) is 17.1 Å². The predicted molar refractivity (Wildman–Crippen MR) is 146 cm³/mol. The molecule has 36 heavy (non-hydrogen) atoms. The first kappa shape index (κ1) is 29.4. The predicted octanol–water partition coefficient (Wildman–Crippen LogP) is 4.49. The van der Waals surface area contributed by atoms with Gasteiger partial charge in [-0.3, -0.25) is 13.9 Å². The van der Waals surface area contributed by atoms with E-state index >= 15 is 0 Å². The number of hydrogen-bond donors (Lipinski definition) is 1. The van der Waals surface area contributed by atoms with Gasteiger partial charge in [0.15, 0.2) is 0 Å². The second-order valence-corrected chi connectivity index (χ2v) is 11.7. The molecular weight excluding hydrogens is 474 g/mol.